The topological polar surface area (TPSA) is 66.8 Å². The Morgan fingerprint density at radius 2 is 2.00 bits per heavy atom. The second-order valence-electron chi connectivity index (χ2n) is 5.13. The fraction of sp³-hybridized carbons (Fsp3) is 0.818. The number of amides is 1. The van der Waals surface area contributed by atoms with Crippen LogP contribution in [0.4, 0.5) is 9.18 Å². The second-order valence-corrected chi connectivity index (χ2v) is 5.13. The normalized spacial score (nSPS) is 24.8. The van der Waals surface area contributed by atoms with Crippen molar-refractivity contribution in [2.75, 3.05) is 6.67 Å². The Morgan fingerprint density at radius 1 is 1.41 bits per heavy atom. The molecule has 0 spiro atoms. The van der Waals surface area contributed by atoms with Crippen molar-refractivity contribution in [3.05, 3.63) is 0 Å². The number of ether oxygens (including phenoxy) is 1. The van der Waals surface area contributed by atoms with Crippen molar-refractivity contribution in [1.82, 2.24) is 4.90 Å². The summed E-state index contributed by atoms with van der Waals surface area (Å²) in [5, 5.41) is 8.97. The molecule has 0 aromatic heterocycles. The van der Waals surface area contributed by atoms with Crippen molar-refractivity contribution >= 4 is 12.1 Å². The molecule has 0 bridgehead atoms. The number of halogens is 1. The van der Waals surface area contributed by atoms with Crippen LogP contribution in [0.25, 0.3) is 0 Å². The molecule has 1 fully saturated rings. The van der Waals surface area contributed by atoms with E-state index < -0.39 is 36.4 Å². The van der Waals surface area contributed by atoms with Gasteiger partial charge < -0.3 is 9.84 Å². The van der Waals surface area contributed by atoms with Crippen LogP contribution < -0.4 is 0 Å². The summed E-state index contributed by atoms with van der Waals surface area (Å²) in [5.74, 6) is -1.12. The predicted octanol–water partition coefficient (Wildman–Crippen LogP) is 1.81. The van der Waals surface area contributed by atoms with E-state index >= 15 is 0 Å². The SMILES string of the molecule is CC(C)(C)OC(=O)N1[C@@H](CF)CC[C@H]1C(=O)O. The van der Waals surface area contributed by atoms with Gasteiger partial charge in [-0.15, -0.1) is 0 Å². The molecule has 0 aromatic carbocycles. The van der Waals surface area contributed by atoms with Gasteiger partial charge in [-0.25, -0.2) is 14.0 Å². The molecule has 98 valence electrons. The number of hydrogen-bond donors (Lipinski definition) is 1. The van der Waals surface area contributed by atoms with E-state index in [-0.39, 0.29) is 6.42 Å². The summed E-state index contributed by atoms with van der Waals surface area (Å²) in [4.78, 5) is 23.8. The first kappa shape index (κ1) is 13.7. The maximum atomic E-state index is 12.7. The van der Waals surface area contributed by atoms with E-state index in [1.807, 2.05) is 0 Å². The molecule has 1 aliphatic heterocycles. The highest BCUT2D eigenvalue weighted by molar-refractivity contribution is 5.81. The average Bonchev–Trinajstić information content (AvgIpc) is 2.57. The highest BCUT2D eigenvalue weighted by Crippen LogP contribution is 2.27. The van der Waals surface area contributed by atoms with Crippen LogP contribution in [0.15, 0.2) is 0 Å². The summed E-state index contributed by atoms with van der Waals surface area (Å²) in [6.07, 6.45) is -0.138. The molecule has 6 heteroatoms. The van der Waals surface area contributed by atoms with Gasteiger partial charge in [0.05, 0.1) is 6.04 Å². The number of alkyl halides is 1. The van der Waals surface area contributed by atoms with Gasteiger partial charge in [-0.05, 0) is 33.6 Å². The smallest absolute Gasteiger partial charge is 0.411 e. The minimum atomic E-state index is -1.12. The summed E-state index contributed by atoms with van der Waals surface area (Å²) in [6, 6.07) is -1.67. The highest BCUT2D eigenvalue weighted by Gasteiger charge is 2.42. The fourth-order valence-corrected chi connectivity index (χ4v) is 1.87. The van der Waals surface area contributed by atoms with Gasteiger partial charge in [0.1, 0.15) is 18.3 Å². The van der Waals surface area contributed by atoms with Crippen molar-refractivity contribution in [2.45, 2.75) is 51.3 Å². The molecule has 5 nitrogen and oxygen atoms in total. The first-order valence-corrected chi connectivity index (χ1v) is 5.56. The van der Waals surface area contributed by atoms with Crippen molar-refractivity contribution in [2.24, 2.45) is 0 Å². The summed E-state index contributed by atoms with van der Waals surface area (Å²) in [6.45, 7) is 4.30. The van der Waals surface area contributed by atoms with Gasteiger partial charge in [0.15, 0.2) is 0 Å². The fourth-order valence-electron chi connectivity index (χ4n) is 1.87. The van der Waals surface area contributed by atoms with Crippen LogP contribution in [-0.2, 0) is 9.53 Å². The van der Waals surface area contributed by atoms with Gasteiger partial charge in [-0.3, -0.25) is 4.90 Å². The lowest BCUT2D eigenvalue weighted by atomic mass is 10.2. The van der Waals surface area contributed by atoms with E-state index in [9.17, 15) is 14.0 Å². The lowest BCUT2D eigenvalue weighted by Gasteiger charge is -2.29. The minimum Gasteiger partial charge on any atom is -0.480 e. The van der Waals surface area contributed by atoms with Crippen molar-refractivity contribution in [1.29, 1.82) is 0 Å². The maximum Gasteiger partial charge on any atom is 0.411 e. The quantitative estimate of drug-likeness (QED) is 0.808. The molecule has 0 saturated carbocycles. The Hall–Kier alpha value is -1.33. The molecule has 1 heterocycles. The van der Waals surface area contributed by atoms with Gasteiger partial charge >= 0.3 is 12.1 Å². The van der Waals surface area contributed by atoms with Gasteiger partial charge in [0.2, 0.25) is 0 Å². The molecule has 0 radical (unpaired) electrons. The molecule has 0 unspecified atom stereocenters. The lowest BCUT2D eigenvalue weighted by molar-refractivity contribution is -0.142. The van der Waals surface area contributed by atoms with E-state index in [2.05, 4.69) is 0 Å². The Kier molecular flexibility index (Phi) is 3.95. The number of carbonyl (C=O) groups is 2. The molecule has 1 amide bonds. The molecule has 17 heavy (non-hydrogen) atoms. The summed E-state index contributed by atoms with van der Waals surface area (Å²) >= 11 is 0. The Morgan fingerprint density at radius 3 is 2.41 bits per heavy atom. The number of rotatable bonds is 2. The number of hydrogen-bond acceptors (Lipinski definition) is 3. The van der Waals surface area contributed by atoms with Crippen LogP contribution in [0, 0.1) is 0 Å². The maximum absolute atomic E-state index is 12.7. The number of likely N-dealkylation sites (tertiary alicyclic amines) is 1. The lowest BCUT2D eigenvalue weighted by Crippen LogP contribution is -2.47. The van der Waals surface area contributed by atoms with E-state index in [0.29, 0.717) is 6.42 Å². The first-order valence-electron chi connectivity index (χ1n) is 5.56. The number of aliphatic carboxylic acids is 1. The zero-order valence-electron chi connectivity index (χ0n) is 10.3. The molecule has 2 atom stereocenters. The molecule has 1 N–H and O–H groups in total. The number of nitrogens with zero attached hydrogens (tertiary/aromatic N) is 1. The van der Waals surface area contributed by atoms with Gasteiger partial charge in [0.25, 0.3) is 0 Å². The predicted molar refractivity (Wildman–Crippen MR) is 58.5 cm³/mol. The van der Waals surface area contributed by atoms with E-state index in [1.165, 1.54) is 0 Å². The molecule has 1 aliphatic rings. The average molecular weight is 247 g/mol. The largest absolute Gasteiger partial charge is 0.480 e. The van der Waals surface area contributed by atoms with Crippen LogP contribution in [0.1, 0.15) is 33.6 Å². The van der Waals surface area contributed by atoms with Gasteiger partial charge in [-0.2, -0.15) is 0 Å². The Bertz CT molecular complexity index is 313. The van der Waals surface area contributed by atoms with Gasteiger partial charge in [0, 0.05) is 0 Å². The van der Waals surface area contributed by atoms with E-state index in [0.717, 1.165) is 4.90 Å². The molecule has 0 aliphatic carbocycles. The molecular weight excluding hydrogens is 229 g/mol. The number of carboxylic acid groups (broad SMARTS) is 1. The van der Waals surface area contributed by atoms with Crippen LogP contribution in [0.2, 0.25) is 0 Å². The third-order valence-electron chi connectivity index (χ3n) is 2.57. The summed E-state index contributed by atoms with van der Waals surface area (Å²) in [7, 11) is 0. The zero-order valence-corrected chi connectivity index (χ0v) is 10.3. The standard InChI is InChI=1S/C11H18FNO4/c1-11(2,3)17-10(16)13-7(6-12)4-5-8(13)9(14)15/h7-8H,4-6H2,1-3H3,(H,14,15)/t7-,8+/m1/s1. The van der Waals surface area contributed by atoms with Crippen molar-refractivity contribution in [3.63, 3.8) is 0 Å². The van der Waals surface area contributed by atoms with Gasteiger partial charge in [-0.1, -0.05) is 0 Å². The van der Waals surface area contributed by atoms with Crippen LogP contribution in [0.5, 0.6) is 0 Å². The highest BCUT2D eigenvalue weighted by atomic mass is 19.1. The molecule has 1 rings (SSSR count). The summed E-state index contributed by atoms with van der Waals surface area (Å²) < 4.78 is 17.8. The molecular formula is C11H18FNO4. The van der Waals surface area contributed by atoms with E-state index in [1.54, 1.807) is 20.8 Å². The van der Waals surface area contributed by atoms with Crippen LogP contribution in [-0.4, -0.2) is 46.4 Å². The zero-order chi connectivity index (χ0) is 13.2. The number of carboxylic acids is 1. The van der Waals surface area contributed by atoms with Crippen molar-refractivity contribution in [3.8, 4) is 0 Å². The molecule has 0 aromatic rings. The Balaban J connectivity index is 2.82. The van der Waals surface area contributed by atoms with E-state index in [4.69, 9.17) is 9.84 Å². The third-order valence-corrected chi connectivity index (χ3v) is 2.57. The van der Waals surface area contributed by atoms with Crippen LogP contribution >= 0.6 is 0 Å². The molecule has 1 saturated heterocycles. The summed E-state index contributed by atoms with van der Waals surface area (Å²) in [5.41, 5.74) is -0.719. The van der Waals surface area contributed by atoms with Crippen LogP contribution in [0.3, 0.4) is 0 Å². The third kappa shape index (κ3) is 3.31. The monoisotopic (exact) mass is 247 g/mol. The first-order chi connectivity index (χ1) is 7.76. The second kappa shape index (κ2) is 4.89. The minimum absolute atomic E-state index is 0.267. The Labute approximate surface area is 99.5 Å². The number of carbonyl (C=O) groups excluding carboxylic acids is 1. The van der Waals surface area contributed by atoms with Crippen molar-refractivity contribution < 1.29 is 23.8 Å².